The molecule has 4 heterocycles. The minimum atomic E-state index is -2.59. The van der Waals surface area contributed by atoms with E-state index in [2.05, 4.69) is 72.0 Å². The number of ether oxygens (including phenoxy) is 4. The van der Waals surface area contributed by atoms with Crippen LogP contribution in [0.3, 0.4) is 0 Å². The zero-order valence-corrected chi connectivity index (χ0v) is 41.7. The maximum absolute atomic E-state index is 13.5. The Morgan fingerprint density at radius 1 is 1.06 bits per heavy atom. The van der Waals surface area contributed by atoms with Crippen molar-refractivity contribution in [2.75, 3.05) is 44.4 Å². The van der Waals surface area contributed by atoms with Gasteiger partial charge in [0.2, 0.25) is 12.4 Å². The molecule has 0 bridgehead atoms. The van der Waals surface area contributed by atoms with Crippen molar-refractivity contribution >= 4 is 63.4 Å². The summed E-state index contributed by atoms with van der Waals surface area (Å²) in [6.07, 6.45) is 8.56. The first-order valence-electron chi connectivity index (χ1n) is 24.3. The molecular formula is C53H66N4O12S2. The number of primary amides is 1. The number of hydrogen-bond acceptors (Lipinski definition) is 16. The number of carboxylic acids is 1. The number of aromatic hydroxyl groups is 1. The van der Waals surface area contributed by atoms with Crippen molar-refractivity contribution < 1.29 is 58.9 Å². The molecule has 9 N–H and O–H groups in total. The number of aryl methyl sites for hydroxylation is 1. The predicted octanol–water partition coefficient (Wildman–Crippen LogP) is 6.33. The van der Waals surface area contributed by atoms with Gasteiger partial charge >= 0.3 is 5.97 Å². The second kappa shape index (κ2) is 25.0. The van der Waals surface area contributed by atoms with Crippen molar-refractivity contribution in [2.45, 2.75) is 94.6 Å². The molecule has 382 valence electrons. The van der Waals surface area contributed by atoms with Crippen LogP contribution in [0.25, 0.3) is 17.4 Å². The highest BCUT2D eigenvalue weighted by molar-refractivity contribution is 8.76. The molecule has 4 aliphatic rings. The lowest BCUT2D eigenvalue weighted by Gasteiger charge is -2.53. The number of carboxylic acid groups (broad SMARTS) is 1. The van der Waals surface area contributed by atoms with E-state index < -0.39 is 54.2 Å². The molecular weight excluding hydrogens is 949 g/mol. The fraction of sp³-hybridized carbons (Fsp3) is 0.472. The van der Waals surface area contributed by atoms with Crippen LogP contribution < -0.4 is 25.8 Å². The number of amides is 1. The van der Waals surface area contributed by atoms with Gasteiger partial charge in [0, 0.05) is 24.6 Å². The molecule has 9 atom stereocenters. The third-order valence-corrected chi connectivity index (χ3v) is 15.9. The zero-order chi connectivity index (χ0) is 50.5. The van der Waals surface area contributed by atoms with Crippen molar-refractivity contribution in [1.29, 1.82) is 0 Å². The van der Waals surface area contributed by atoms with E-state index in [1.165, 1.54) is 101 Å². The number of aliphatic hydroxyl groups is 3. The van der Waals surface area contributed by atoms with Crippen LogP contribution in [0.2, 0.25) is 0 Å². The number of aliphatic hydroxyl groups excluding tert-OH is 2. The second-order valence-corrected chi connectivity index (χ2v) is 20.9. The lowest BCUT2D eigenvalue weighted by molar-refractivity contribution is -0.340. The van der Waals surface area contributed by atoms with Gasteiger partial charge in [-0.05, 0) is 110 Å². The Labute approximate surface area is 422 Å². The average molecular weight is 1020 g/mol. The van der Waals surface area contributed by atoms with Crippen LogP contribution in [0.15, 0.2) is 89.4 Å². The van der Waals surface area contributed by atoms with Crippen molar-refractivity contribution in [1.82, 2.24) is 10.6 Å². The summed E-state index contributed by atoms with van der Waals surface area (Å²) in [4.78, 5) is 43.4. The second-order valence-electron chi connectivity index (χ2n) is 18.5. The molecule has 7 rings (SSSR count). The molecule has 16 nitrogen and oxygen atoms in total. The number of nitrogens with zero attached hydrogens (tertiary/aromatic N) is 1. The molecule has 1 amide bonds. The highest BCUT2D eigenvalue weighted by Gasteiger charge is 2.69. The average Bonchev–Trinajstić information content (AvgIpc) is 3.90. The summed E-state index contributed by atoms with van der Waals surface area (Å²) in [5, 5.41) is 63.3. The highest BCUT2D eigenvalue weighted by Crippen LogP contribution is 2.46. The zero-order valence-electron chi connectivity index (χ0n) is 40.1. The van der Waals surface area contributed by atoms with Crippen LogP contribution >= 0.6 is 21.6 Å². The molecule has 18 heteroatoms. The summed E-state index contributed by atoms with van der Waals surface area (Å²) in [7, 11) is 2.75. The number of aldehydes is 1. The number of aliphatic carboxylic acids is 1. The minimum absolute atomic E-state index is 0.0117. The Balaban J connectivity index is 1.14. The molecule has 71 heavy (non-hydrogen) atoms. The fourth-order valence-corrected chi connectivity index (χ4v) is 11.8. The normalized spacial score (nSPS) is 27.4. The van der Waals surface area contributed by atoms with Gasteiger partial charge < -0.3 is 60.8 Å². The first kappa shape index (κ1) is 53.6. The maximum Gasteiger partial charge on any atom is 0.335 e. The van der Waals surface area contributed by atoms with Crippen LogP contribution in [0.1, 0.15) is 74.6 Å². The molecule has 0 spiro atoms. The van der Waals surface area contributed by atoms with Crippen LogP contribution in [-0.2, 0) is 30.3 Å². The number of nitrogens with one attached hydrogen (secondary N) is 2. The number of fused-ring (bicyclic) bond motifs is 2. The molecule has 0 radical (unpaired) electrons. The number of rotatable bonds is 20. The number of aliphatic imine (C=N–C) groups is 1. The lowest BCUT2D eigenvalue weighted by atomic mass is 9.73. The summed E-state index contributed by atoms with van der Waals surface area (Å²) >= 11 is 0. The van der Waals surface area contributed by atoms with E-state index in [1.54, 1.807) is 0 Å². The molecule has 4 aliphatic heterocycles. The molecule has 1 unspecified atom stereocenters. The molecule has 0 saturated carbocycles. The van der Waals surface area contributed by atoms with E-state index in [-0.39, 0.29) is 64.1 Å². The first-order valence-corrected chi connectivity index (χ1v) is 26.8. The monoisotopic (exact) mass is 1010 g/mol. The van der Waals surface area contributed by atoms with Gasteiger partial charge in [-0.1, -0.05) is 109 Å². The molecule has 3 aromatic rings. The summed E-state index contributed by atoms with van der Waals surface area (Å²) in [5.41, 5.74) is 4.68. The van der Waals surface area contributed by atoms with Crippen molar-refractivity contribution in [3.63, 3.8) is 0 Å². The first-order chi connectivity index (χ1) is 34.3. The van der Waals surface area contributed by atoms with Gasteiger partial charge in [-0.25, -0.2) is 4.79 Å². The van der Waals surface area contributed by atoms with Gasteiger partial charge in [-0.3, -0.25) is 14.6 Å². The summed E-state index contributed by atoms with van der Waals surface area (Å²) in [5.74, 6) is -2.66. The number of unbranched alkanes of at least 4 members (excludes halogenated alkanes) is 3. The summed E-state index contributed by atoms with van der Waals surface area (Å²) in [6.45, 7) is 6.82. The molecule has 3 aromatic carbocycles. The number of β-amino-alcohol motifs (C(OH)–C–C–N with tert-alkyl or cyclic N) is 1. The van der Waals surface area contributed by atoms with E-state index in [9.17, 15) is 39.9 Å². The van der Waals surface area contributed by atoms with Crippen molar-refractivity contribution in [3.8, 4) is 17.2 Å². The fourth-order valence-electron chi connectivity index (χ4n) is 9.76. The van der Waals surface area contributed by atoms with Gasteiger partial charge in [0.25, 0.3) is 5.91 Å². The van der Waals surface area contributed by atoms with E-state index in [0.717, 1.165) is 37.9 Å². The van der Waals surface area contributed by atoms with E-state index in [1.807, 2.05) is 6.21 Å². The minimum Gasteiger partial charge on any atom is -0.508 e. The maximum atomic E-state index is 13.5. The summed E-state index contributed by atoms with van der Waals surface area (Å²) in [6, 6.07) is 18.3. The Kier molecular flexibility index (Phi) is 18.9. The van der Waals surface area contributed by atoms with Crippen molar-refractivity contribution in [3.05, 3.63) is 107 Å². The number of carbonyl (C=O) groups excluding carboxylic acids is 2. The number of phenolic OH excluding ortho intramolecular Hbond substituents is 1. The summed E-state index contributed by atoms with van der Waals surface area (Å²) < 4.78 is 24.3. The lowest BCUT2D eigenvalue weighted by Crippen LogP contribution is -2.80. The number of carbonyl (C=O) groups is 3. The number of nitrogens with two attached hydrogens (primary N) is 1. The van der Waals surface area contributed by atoms with Gasteiger partial charge in [-0.2, -0.15) is 0 Å². The van der Waals surface area contributed by atoms with E-state index in [4.69, 9.17) is 24.7 Å². The van der Waals surface area contributed by atoms with Crippen LogP contribution in [0.5, 0.6) is 17.2 Å². The molecule has 0 aromatic heterocycles. The Morgan fingerprint density at radius 3 is 2.58 bits per heavy atom. The SMILES string of the molecule is CCCCCCNCCCc1ccccc1/C=C/C[C@H](C)[C@H]1CNC[C@]2(O)[C@H](Oc3ccc4c(c3)OC(C(N)=O)C(c3ccc(O)cc3)=C4O)O[C@H](C(=O)O)[C@@H](O)[C@]2(C=O)OCSSC[C@H]1C1=CCN=C1. The largest absolute Gasteiger partial charge is 0.508 e. The van der Waals surface area contributed by atoms with Gasteiger partial charge in [0.15, 0.2) is 23.6 Å². The Morgan fingerprint density at radius 2 is 1.85 bits per heavy atom. The predicted molar refractivity (Wildman–Crippen MR) is 276 cm³/mol. The smallest absolute Gasteiger partial charge is 0.335 e. The molecule has 2 fully saturated rings. The van der Waals surface area contributed by atoms with Crippen LogP contribution in [0, 0.1) is 17.8 Å². The number of hydrogen-bond donors (Lipinski definition) is 8. The number of phenols is 1. The van der Waals surface area contributed by atoms with E-state index >= 15 is 0 Å². The highest BCUT2D eigenvalue weighted by atomic mass is 33.1. The number of benzene rings is 3. The van der Waals surface area contributed by atoms with Gasteiger partial charge in [-0.15, -0.1) is 0 Å². The topological polar surface area (TPSA) is 252 Å². The van der Waals surface area contributed by atoms with Gasteiger partial charge in [0.1, 0.15) is 35.1 Å². The van der Waals surface area contributed by atoms with Crippen molar-refractivity contribution in [2.24, 2.45) is 28.5 Å². The third kappa shape index (κ3) is 12.4. The van der Waals surface area contributed by atoms with Crippen LogP contribution in [0.4, 0.5) is 0 Å². The third-order valence-electron chi connectivity index (χ3n) is 13.8. The Hall–Kier alpha value is -5.18. The van der Waals surface area contributed by atoms with Gasteiger partial charge in [0.05, 0.1) is 17.7 Å². The molecule has 0 aliphatic carbocycles. The quantitative estimate of drug-likeness (QED) is 0.0350. The number of allylic oxidation sites excluding steroid dienone is 2. The molecule has 2 saturated heterocycles. The van der Waals surface area contributed by atoms with Crippen LogP contribution in [-0.4, -0.2) is 130 Å². The van der Waals surface area contributed by atoms with E-state index in [0.29, 0.717) is 24.4 Å². The standard InChI is InChI=1S/C53H66N4O12S2/c1-3-4-5-8-23-55-24-10-15-35-13-7-6-12-34(35)14-9-11-33(2)41-28-57-30-52(65)51(69-47(50(63)64)48(61)53(52,31-58)66-32-71-70-29-42(41)37-22-25-56-27-37)67-39-20-21-40-43(26-39)68-46(49(54)62)44(45(40)60)36-16-18-38(59)19-17-36/h6-7,9,12-14,16-22,26-27,31,33,41-42,46-48,51,55,57,59-61,65H,3-5,8,10-11,15,23-25,28-30,32H2,1-2H3,(H2,54,62)(H,63,64)/b14-9+/t33-,41+,42-,46?,47-,48+,51+,52-,53-/m0/s1. The Bertz CT molecular complexity index is 2450.